The Morgan fingerprint density at radius 1 is 1.08 bits per heavy atom. The third kappa shape index (κ3) is 5.37. The maximum atomic E-state index is 10.1. The van der Waals surface area contributed by atoms with Gasteiger partial charge in [0.1, 0.15) is 11.6 Å². The molecule has 2 fully saturated rings. The van der Waals surface area contributed by atoms with Crippen molar-refractivity contribution < 1.29 is 5.11 Å². The summed E-state index contributed by atoms with van der Waals surface area (Å²) in [5, 5.41) is 14.8. The van der Waals surface area contributed by atoms with Gasteiger partial charge in [-0.05, 0) is 83.1 Å². The van der Waals surface area contributed by atoms with E-state index < -0.39 is 0 Å². The minimum atomic E-state index is -0.0721. The number of piperazine rings is 1. The first kappa shape index (κ1) is 26.9. The Morgan fingerprint density at radius 3 is 2.47 bits per heavy atom. The highest BCUT2D eigenvalue weighted by atomic mass is 16.3. The zero-order valence-electron chi connectivity index (χ0n) is 23.7. The van der Waals surface area contributed by atoms with Gasteiger partial charge >= 0.3 is 0 Å². The van der Waals surface area contributed by atoms with Crippen molar-refractivity contribution in [3.05, 3.63) is 60.0 Å². The summed E-state index contributed by atoms with van der Waals surface area (Å²) in [6, 6.07) is 15.6. The quantitative estimate of drug-likeness (QED) is 0.462. The van der Waals surface area contributed by atoms with Crippen LogP contribution in [0.2, 0.25) is 0 Å². The molecule has 3 atom stereocenters. The molecule has 7 heteroatoms. The third-order valence-electron chi connectivity index (χ3n) is 8.66. The van der Waals surface area contributed by atoms with E-state index in [-0.39, 0.29) is 11.6 Å². The number of piperidine rings is 1. The van der Waals surface area contributed by atoms with Gasteiger partial charge in [0.2, 0.25) is 0 Å². The van der Waals surface area contributed by atoms with Gasteiger partial charge in [-0.3, -0.25) is 9.80 Å². The lowest BCUT2D eigenvalue weighted by atomic mass is 9.79. The lowest BCUT2D eigenvalue weighted by Gasteiger charge is -2.47. The summed E-state index contributed by atoms with van der Waals surface area (Å²) >= 11 is 0. The Morgan fingerprint density at radius 2 is 1.82 bits per heavy atom. The number of phenolic OH excluding ortho intramolecular Hbond substituents is 1. The second-order valence-electron chi connectivity index (χ2n) is 11.7. The van der Waals surface area contributed by atoms with Crippen molar-refractivity contribution in [2.24, 2.45) is 0 Å². The van der Waals surface area contributed by atoms with Gasteiger partial charge in [0.25, 0.3) is 0 Å². The lowest BCUT2D eigenvalue weighted by Crippen LogP contribution is -2.55. The highest BCUT2D eigenvalue weighted by Crippen LogP contribution is 2.40. The summed E-state index contributed by atoms with van der Waals surface area (Å²) in [5.74, 6) is 1.29. The number of nitrogens with zero attached hydrogens (tertiary/aromatic N) is 5. The van der Waals surface area contributed by atoms with E-state index >= 15 is 0 Å². The average Bonchev–Trinajstić information content (AvgIpc) is 2.90. The molecule has 0 saturated carbocycles. The summed E-state index contributed by atoms with van der Waals surface area (Å²) < 4.78 is 0. The number of phenols is 1. The number of aromatic hydroxyl groups is 1. The van der Waals surface area contributed by atoms with Crippen LogP contribution in [0.25, 0.3) is 10.9 Å². The highest BCUT2D eigenvalue weighted by Gasteiger charge is 2.38. The lowest BCUT2D eigenvalue weighted by molar-refractivity contribution is 0.112. The van der Waals surface area contributed by atoms with Crippen LogP contribution in [0.3, 0.4) is 0 Å². The van der Waals surface area contributed by atoms with Gasteiger partial charge in [0.05, 0.1) is 11.6 Å². The molecule has 38 heavy (non-hydrogen) atoms. The number of aromatic nitrogens is 2. The average molecular weight is 517 g/mol. The molecule has 3 heterocycles. The number of anilines is 1. The largest absolute Gasteiger partial charge is 0.508 e. The van der Waals surface area contributed by atoms with Gasteiger partial charge < -0.3 is 15.3 Å². The van der Waals surface area contributed by atoms with E-state index in [9.17, 15) is 5.11 Å². The van der Waals surface area contributed by atoms with Crippen molar-refractivity contribution >= 4 is 16.6 Å². The molecule has 204 valence electrons. The predicted octanol–water partition coefficient (Wildman–Crippen LogP) is 4.92. The number of rotatable bonds is 7. The van der Waals surface area contributed by atoms with Crippen LogP contribution < -0.4 is 10.2 Å². The van der Waals surface area contributed by atoms with Crippen LogP contribution >= 0.6 is 0 Å². The van der Waals surface area contributed by atoms with Crippen molar-refractivity contribution in [2.45, 2.75) is 70.1 Å². The summed E-state index contributed by atoms with van der Waals surface area (Å²) in [4.78, 5) is 17.4. The van der Waals surface area contributed by atoms with E-state index in [0.29, 0.717) is 17.8 Å². The summed E-state index contributed by atoms with van der Waals surface area (Å²) in [5.41, 5.74) is 3.37. The van der Waals surface area contributed by atoms with Gasteiger partial charge in [-0.25, -0.2) is 9.97 Å². The minimum Gasteiger partial charge on any atom is -0.508 e. The van der Waals surface area contributed by atoms with Gasteiger partial charge in [0, 0.05) is 61.1 Å². The highest BCUT2D eigenvalue weighted by molar-refractivity contribution is 5.82. The number of hydrogen-bond donors (Lipinski definition) is 2. The molecule has 2 aliphatic rings. The fourth-order valence-electron chi connectivity index (χ4n) is 6.69. The molecule has 7 nitrogen and oxygen atoms in total. The van der Waals surface area contributed by atoms with E-state index in [1.165, 1.54) is 11.3 Å². The Bertz CT molecular complexity index is 1230. The molecule has 0 amide bonds. The molecule has 5 rings (SSSR count). The van der Waals surface area contributed by atoms with Crippen molar-refractivity contribution in [3.63, 3.8) is 0 Å². The first-order valence-electron chi connectivity index (χ1n) is 14.3. The second kappa shape index (κ2) is 11.2. The molecular formula is C31H44N6O. The molecule has 0 radical (unpaired) electrons. The van der Waals surface area contributed by atoms with Gasteiger partial charge in [0.15, 0.2) is 0 Å². The zero-order valence-corrected chi connectivity index (χ0v) is 23.7. The van der Waals surface area contributed by atoms with E-state index in [1.54, 1.807) is 6.07 Å². The SMILES string of the molecule is CCCC(c1ncc2cc(N3CCC(c4cccc(O)c4)(N(C)C)CC3)ccc2n1)N1CC(C)NC(C)C1. The van der Waals surface area contributed by atoms with E-state index in [2.05, 4.69) is 79.1 Å². The summed E-state index contributed by atoms with van der Waals surface area (Å²) in [6.07, 6.45) is 6.21. The zero-order chi connectivity index (χ0) is 26.9. The molecule has 2 saturated heterocycles. The summed E-state index contributed by atoms with van der Waals surface area (Å²) in [7, 11) is 4.30. The van der Waals surface area contributed by atoms with Gasteiger partial charge in [-0.1, -0.05) is 25.5 Å². The maximum Gasteiger partial charge on any atom is 0.146 e. The van der Waals surface area contributed by atoms with Crippen LogP contribution in [-0.2, 0) is 5.54 Å². The van der Waals surface area contributed by atoms with Crippen molar-refractivity contribution in [1.29, 1.82) is 0 Å². The van der Waals surface area contributed by atoms with Crippen LogP contribution in [0.5, 0.6) is 5.75 Å². The number of hydrogen-bond acceptors (Lipinski definition) is 7. The topological polar surface area (TPSA) is 67.8 Å². The first-order chi connectivity index (χ1) is 18.3. The van der Waals surface area contributed by atoms with Crippen LogP contribution in [0.4, 0.5) is 5.69 Å². The number of nitrogens with one attached hydrogen (secondary N) is 1. The standard InChI is InChI=1S/C31H44N6O/c1-6-8-29(37-20-22(2)33-23(3)21-37)30-32-19-24-17-26(11-12-28(24)34-30)36-15-13-31(14-16-36,35(4)5)25-9-7-10-27(38)18-25/h7,9-12,17-19,22-23,29,33,38H,6,8,13-16,20-21H2,1-5H3. The number of benzene rings is 2. The van der Waals surface area contributed by atoms with Crippen LogP contribution in [0.15, 0.2) is 48.7 Å². The smallest absolute Gasteiger partial charge is 0.146 e. The second-order valence-corrected chi connectivity index (χ2v) is 11.7. The van der Waals surface area contributed by atoms with Crippen LogP contribution in [-0.4, -0.2) is 77.2 Å². The molecule has 2 aromatic carbocycles. The predicted molar refractivity (Wildman–Crippen MR) is 156 cm³/mol. The van der Waals surface area contributed by atoms with Crippen molar-refractivity contribution in [1.82, 2.24) is 25.1 Å². The Kier molecular flexibility index (Phi) is 7.89. The van der Waals surface area contributed by atoms with Gasteiger partial charge in [-0.2, -0.15) is 0 Å². The van der Waals surface area contributed by atoms with Crippen molar-refractivity contribution in [2.75, 3.05) is 45.2 Å². The molecule has 3 unspecified atom stereocenters. The Labute approximate surface area is 227 Å². The molecule has 0 bridgehead atoms. The Hall–Kier alpha value is -2.74. The molecule has 3 aromatic rings. The first-order valence-corrected chi connectivity index (χ1v) is 14.3. The van der Waals surface area contributed by atoms with Gasteiger partial charge in [-0.15, -0.1) is 0 Å². The molecular weight excluding hydrogens is 472 g/mol. The monoisotopic (exact) mass is 516 g/mol. The fraction of sp³-hybridized carbons (Fsp3) is 0.548. The normalized spacial score (nSPS) is 23.2. The molecule has 2 N–H and O–H groups in total. The van der Waals surface area contributed by atoms with E-state index in [0.717, 1.165) is 68.6 Å². The van der Waals surface area contributed by atoms with Crippen LogP contribution in [0.1, 0.15) is 63.9 Å². The minimum absolute atomic E-state index is 0.0721. The Balaban J connectivity index is 1.34. The molecule has 0 spiro atoms. The fourth-order valence-corrected chi connectivity index (χ4v) is 6.69. The molecule has 0 aliphatic carbocycles. The van der Waals surface area contributed by atoms with Crippen molar-refractivity contribution in [3.8, 4) is 5.75 Å². The molecule has 1 aromatic heterocycles. The maximum absolute atomic E-state index is 10.1. The molecule has 2 aliphatic heterocycles. The van der Waals surface area contributed by atoms with E-state index in [1.807, 2.05) is 18.3 Å². The third-order valence-corrected chi connectivity index (χ3v) is 8.66. The summed E-state index contributed by atoms with van der Waals surface area (Å²) in [6.45, 7) is 10.7. The van der Waals surface area contributed by atoms with E-state index in [4.69, 9.17) is 9.97 Å². The van der Waals surface area contributed by atoms with Crippen LogP contribution in [0, 0.1) is 0 Å². The number of fused-ring (bicyclic) bond motifs is 1.